The lowest BCUT2D eigenvalue weighted by Crippen LogP contribution is -1.88. The zero-order valence-corrected chi connectivity index (χ0v) is 16.1. The predicted molar refractivity (Wildman–Crippen MR) is 105 cm³/mol. The molecule has 0 unspecified atom stereocenters. The highest BCUT2D eigenvalue weighted by Gasteiger charge is 1.87. The first kappa shape index (κ1) is 22.4. The highest BCUT2D eigenvalue weighted by atomic mass is 16.5. The van der Waals surface area contributed by atoms with Gasteiger partial charge >= 0.3 is 0 Å². The van der Waals surface area contributed by atoms with Gasteiger partial charge in [0.2, 0.25) is 0 Å². The summed E-state index contributed by atoms with van der Waals surface area (Å²) in [6.45, 7) is 1.91. The van der Waals surface area contributed by atoms with E-state index in [2.05, 4.69) is 15.0 Å². The Morgan fingerprint density at radius 3 is 1.89 bits per heavy atom. The van der Waals surface area contributed by atoms with Crippen molar-refractivity contribution in [3.63, 3.8) is 0 Å². The summed E-state index contributed by atoms with van der Waals surface area (Å²) in [5.74, 6) is 0. The van der Waals surface area contributed by atoms with Crippen LogP contribution < -0.4 is 0 Å². The number of methoxy groups -OCH3 is 3. The Morgan fingerprint density at radius 2 is 1.33 bits per heavy atom. The van der Waals surface area contributed by atoms with Gasteiger partial charge in [0.15, 0.2) is 0 Å². The van der Waals surface area contributed by atoms with Gasteiger partial charge in [0.05, 0.1) is 25.5 Å². The van der Waals surface area contributed by atoms with Crippen LogP contribution in [0.4, 0.5) is 0 Å². The molecule has 6 nitrogen and oxygen atoms in total. The standard InChI is InChI=1S/3C7H9NO/c1-9-6-7-2-4-8-5-3-7;1-9-6-7-3-2-4-8-5-7;1-9-6-7-4-2-3-5-8-7/h3*2-5H,6H2,1H3. The maximum atomic E-state index is 4.90. The van der Waals surface area contributed by atoms with Gasteiger partial charge in [-0.3, -0.25) is 15.0 Å². The van der Waals surface area contributed by atoms with Crippen LogP contribution in [0.15, 0.2) is 73.4 Å². The molecule has 0 spiro atoms. The fraction of sp³-hybridized carbons (Fsp3) is 0.286. The Morgan fingerprint density at radius 1 is 0.630 bits per heavy atom. The van der Waals surface area contributed by atoms with Crippen LogP contribution in [0.3, 0.4) is 0 Å². The van der Waals surface area contributed by atoms with Crippen molar-refractivity contribution >= 4 is 0 Å². The monoisotopic (exact) mass is 369 g/mol. The van der Waals surface area contributed by atoms with E-state index in [1.165, 1.54) is 0 Å². The molecule has 3 aromatic rings. The molecule has 0 aliphatic rings. The van der Waals surface area contributed by atoms with E-state index in [0.29, 0.717) is 19.8 Å². The lowest BCUT2D eigenvalue weighted by Gasteiger charge is -1.94. The average molecular weight is 369 g/mol. The van der Waals surface area contributed by atoms with Gasteiger partial charge in [-0.2, -0.15) is 0 Å². The maximum absolute atomic E-state index is 4.90. The Hall–Kier alpha value is -2.67. The molecule has 0 bridgehead atoms. The minimum absolute atomic E-state index is 0.598. The lowest BCUT2D eigenvalue weighted by atomic mass is 10.3. The van der Waals surface area contributed by atoms with Crippen LogP contribution in [-0.4, -0.2) is 36.3 Å². The van der Waals surface area contributed by atoms with Crippen molar-refractivity contribution in [1.82, 2.24) is 15.0 Å². The van der Waals surface area contributed by atoms with Crippen molar-refractivity contribution in [1.29, 1.82) is 0 Å². The lowest BCUT2D eigenvalue weighted by molar-refractivity contribution is 0.181. The SMILES string of the molecule is COCc1ccccn1.COCc1cccnc1.COCc1ccncc1. The first-order valence-corrected chi connectivity index (χ1v) is 8.44. The predicted octanol–water partition coefficient (Wildman–Crippen LogP) is 3.68. The summed E-state index contributed by atoms with van der Waals surface area (Å²) < 4.78 is 14.7. The van der Waals surface area contributed by atoms with E-state index in [1.54, 1.807) is 52.3 Å². The van der Waals surface area contributed by atoms with Crippen molar-refractivity contribution < 1.29 is 14.2 Å². The van der Waals surface area contributed by atoms with Gasteiger partial charge in [0.1, 0.15) is 0 Å². The van der Waals surface area contributed by atoms with E-state index in [9.17, 15) is 0 Å². The second-order valence-electron chi connectivity index (χ2n) is 5.34. The topological polar surface area (TPSA) is 66.4 Å². The first-order valence-electron chi connectivity index (χ1n) is 8.44. The molecule has 0 radical (unpaired) electrons. The quantitative estimate of drug-likeness (QED) is 0.660. The van der Waals surface area contributed by atoms with Crippen molar-refractivity contribution in [2.75, 3.05) is 21.3 Å². The third-order valence-electron chi connectivity index (χ3n) is 3.11. The molecule has 0 atom stereocenters. The van der Waals surface area contributed by atoms with Gasteiger partial charge in [-0.05, 0) is 41.5 Å². The van der Waals surface area contributed by atoms with E-state index in [1.807, 2.05) is 42.5 Å². The molecule has 0 fully saturated rings. The Labute approximate surface area is 161 Å². The van der Waals surface area contributed by atoms with Gasteiger partial charge in [0, 0.05) is 52.3 Å². The molecule has 3 heterocycles. The Balaban J connectivity index is 0.000000202. The smallest absolute Gasteiger partial charge is 0.0884 e. The molecule has 0 N–H and O–H groups in total. The maximum Gasteiger partial charge on any atom is 0.0884 e. The van der Waals surface area contributed by atoms with Crippen LogP contribution in [0.25, 0.3) is 0 Å². The van der Waals surface area contributed by atoms with Crippen molar-refractivity contribution in [3.8, 4) is 0 Å². The minimum atomic E-state index is 0.598. The molecule has 0 aliphatic heterocycles. The molecule has 3 aromatic heterocycles. The minimum Gasteiger partial charge on any atom is -0.380 e. The highest BCUT2D eigenvalue weighted by molar-refractivity contribution is 5.08. The molecule has 27 heavy (non-hydrogen) atoms. The molecule has 0 aromatic carbocycles. The Kier molecular flexibility index (Phi) is 12.9. The number of pyridine rings is 3. The van der Waals surface area contributed by atoms with E-state index in [0.717, 1.165) is 16.8 Å². The van der Waals surface area contributed by atoms with Crippen LogP contribution in [0, 0.1) is 0 Å². The Bertz CT molecular complexity index is 584. The van der Waals surface area contributed by atoms with Crippen LogP contribution in [0.2, 0.25) is 0 Å². The number of rotatable bonds is 6. The zero-order valence-electron chi connectivity index (χ0n) is 16.1. The van der Waals surface area contributed by atoms with Gasteiger partial charge < -0.3 is 14.2 Å². The summed E-state index contributed by atoms with van der Waals surface area (Å²) in [6.07, 6.45) is 8.82. The van der Waals surface area contributed by atoms with Crippen molar-refractivity contribution in [2.45, 2.75) is 19.8 Å². The molecular weight excluding hydrogens is 342 g/mol. The first-order chi connectivity index (χ1) is 13.3. The second kappa shape index (κ2) is 15.6. The summed E-state index contributed by atoms with van der Waals surface area (Å²) >= 11 is 0. The fourth-order valence-electron chi connectivity index (χ4n) is 1.93. The molecule has 0 aliphatic carbocycles. The molecule has 144 valence electrons. The zero-order chi connectivity index (χ0) is 19.6. The summed E-state index contributed by atoms with van der Waals surface area (Å²) in [5.41, 5.74) is 3.24. The third-order valence-corrected chi connectivity index (χ3v) is 3.11. The summed E-state index contributed by atoms with van der Waals surface area (Å²) in [6, 6.07) is 13.5. The molecular formula is C21H27N3O3. The van der Waals surface area contributed by atoms with Gasteiger partial charge in [0.25, 0.3) is 0 Å². The normalized spacial score (nSPS) is 9.44. The molecule has 0 saturated heterocycles. The van der Waals surface area contributed by atoms with E-state index in [4.69, 9.17) is 14.2 Å². The van der Waals surface area contributed by atoms with Gasteiger partial charge in [-0.1, -0.05) is 12.1 Å². The second-order valence-corrected chi connectivity index (χ2v) is 5.34. The van der Waals surface area contributed by atoms with Gasteiger partial charge in [-0.25, -0.2) is 0 Å². The molecule has 0 saturated carbocycles. The summed E-state index contributed by atoms with van der Waals surface area (Å²) in [7, 11) is 5.02. The van der Waals surface area contributed by atoms with Crippen LogP contribution in [0.1, 0.15) is 16.8 Å². The van der Waals surface area contributed by atoms with E-state index >= 15 is 0 Å². The van der Waals surface area contributed by atoms with E-state index in [-0.39, 0.29) is 0 Å². The fourth-order valence-corrected chi connectivity index (χ4v) is 1.93. The number of ether oxygens (including phenoxy) is 3. The van der Waals surface area contributed by atoms with Crippen LogP contribution >= 0.6 is 0 Å². The largest absolute Gasteiger partial charge is 0.380 e. The van der Waals surface area contributed by atoms with Crippen molar-refractivity contribution in [2.24, 2.45) is 0 Å². The number of nitrogens with zero attached hydrogens (tertiary/aromatic N) is 3. The van der Waals surface area contributed by atoms with Gasteiger partial charge in [-0.15, -0.1) is 0 Å². The number of hydrogen-bond donors (Lipinski definition) is 0. The van der Waals surface area contributed by atoms with Crippen molar-refractivity contribution in [3.05, 3.63) is 90.3 Å². The third kappa shape index (κ3) is 11.5. The highest BCUT2D eigenvalue weighted by Crippen LogP contribution is 1.96. The number of hydrogen-bond acceptors (Lipinski definition) is 6. The molecule has 6 heteroatoms. The molecule has 3 rings (SSSR count). The van der Waals surface area contributed by atoms with Crippen LogP contribution in [0.5, 0.6) is 0 Å². The molecule has 0 amide bonds. The average Bonchev–Trinajstić information content (AvgIpc) is 2.72. The summed E-state index contributed by atoms with van der Waals surface area (Å²) in [5, 5.41) is 0. The van der Waals surface area contributed by atoms with Crippen LogP contribution in [-0.2, 0) is 34.0 Å². The van der Waals surface area contributed by atoms with E-state index < -0.39 is 0 Å². The summed E-state index contributed by atoms with van der Waals surface area (Å²) in [4.78, 5) is 11.8. The number of aromatic nitrogens is 3.